The molecule has 0 aliphatic carbocycles. The van der Waals surface area contributed by atoms with E-state index in [1.165, 1.54) is 6.92 Å². The third-order valence-corrected chi connectivity index (χ3v) is 4.02. The van der Waals surface area contributed by atoms with Crippen LogP contribution in [0, 0.1) is 0 Å². The molecule has 0 aromatic carbocycles. The van der Waals surface area contributed by atoms with E-state index in [1.807, 2.05) is 0 Å². The number of rotatable bonds is 3. The smallest absolute Gasteiger partial charge is 0.244 e. The van der Waals surface area contributed by atoms with Gasteiger partial charge in [0.1, 0.15) is 6.04 Å². The number of imide groups is 1. The maximum Gasteiger partial charge on any atom is 0.244 e. The highest BCUT2D eigenvalue weighted by Gasteiger charge is 2.37. The van der Waals surface area contributed by atoms with Crippen molar-refractivity contribution < 1.29 is 18.0 Å². The minimum atomic E-state index is -3.62. The molecule has 1 unspecified atom stereocenters. The third-order valence-electron chi connectivity index (χ3n) is 2.11. The van der Waals surface area contributed by atoms with Crippen LogP contribution in [-0.2, 0) is 19.6 Å². The van der Waals surface area contributed by atoms with Crippen molar-refractivity contribution in [3.8, 4) is 0 Å². The Balaban J connectivity index is 2.93. The molecule has 15 heavy (non-hydrogen) atoms. The summed E-state index contributed by atoms with van der Waals surface area (Å²) in [4.78, 5) is 22.2. The zero-order chi connectivity index (χ0) is 11.6. The van der Waals surface area contributed by atoms with E-state index < -0.39 is 27.9 Å². The molecule has 7 nitrogen and oxygen atoms in total. The van der Waals surface area contributed by atoms with Gasteiger partial charge in [0.25, 0.3) is 0 Å². The number of carbonyl (C=O) groups excluding carboxylic acids is 2. The summed E-state index contributed by atoms with van der Waals surface area (Å²) < 4.78 is 24.1. The molecule has 1 aliphatic rings. The molecule has 1 heterocycles. The van der Waals surface area contributed by atoms with E-state index in [0.717, 1.165) is 4.31 Å². The average Bonchev–Trinajstić information content (AvgIpc) is 2.11. The fraction of sp³-hybridized carbons (Fsp3) is 0.714. The van der Waals surface area contributed by atoms with Crippen LogP contribution in [0.25, 0.3) is 0 Å². The fourth-order valence-corrected chi connectivity index (χ4v) is 2.72. The summed E-state index contributed by atoms with van der Waals surface area (Å²) in [5.41, 5.74) is 5.14. The van der Waals surface area contributed by atoms with Crippen molar-refractivity contribution in [1.82, 2.24) is 9.62 Å². The van der Waals surface area contributed by atoms with Crippen LogP contribution in [0.1, 0.15) is 6.92 Å². The van der Waals surface area contributed by atoms with Crippen LogP contribution in [-0.4, -0.2) is 49.4 Å². The Kier molecular flexibility index (Phi) is 3.42. The Morgan fingerprint density at radius 3 is 2.67 bits per heavy atom. The highest BCUT2D eigenvalue weighted by atomic mass is 32.2. The third kappa shape index (κ3) is 2.52. The lowest BCUT2D eigenvalue weighted by atomic mass is 10.2. The van der Waals surface area contributed by atoms with Gasteiger partial charge in [-0.05, 0) is 6.92 Å². The molecule has 8 heteroatoms. The van der Waals surface area contributed by atoms with E-state index in [4.69, 9.17) is 5.73 Å². The van der Waals surface area contributed by atoms with Gasteiger partial charge in [-0.15, -0.1) is 0 Å². The molecule has 0 radical (unpaired) electrons. The molecule has 0 spiro atoms. The highest BCUT2D eigenvalue weighted by molar-refractivity contribution is 7.89. The van der Waals surface area contributed by atoms with Crippen molar-refractivity contribution in [2.45, 2.75) is 13.0 Å². The Morgan fingerprint density at radius 1 is 1.53 bits per heavy atom. The SMILES string of the molecule is CC1C(=O)NC(=O)CN1S(=O)(=O)CCN. The summed E-state index contributed by atoms with van der Waals surface area (Å²) in [5, 5.41) is 2.06. The minimum Gasteiger partial charge on any atom is -0.329 e. The second-order valence-electron chi connectivity index (χ2n) is 3.24. The lowest BCUT2D eigenvalue weighted by molar-refractivity contribution is -0.136. The zero-order valence-corrected chi connectivity index (χ0v) is 9.08. The zero-order valence-electron chi connectivity index (χ0n) is 8.26. The largest absolute Gasteiger partial charge is 0.329 e. The number of nitrogens with one attached hydrogen (secondary N) is 1. The summed E-state index contributed by atoms with van der Waals surface area (Å²) in [6.07, 6.45) is 0. The van der Waals surface area contributed by atoms with Crippen LogP contribution >= 0.6 is 0 Å². The van der Waals surface area contributed by atoms with Gasteiger partial charge in [-0.2, -0.15) is 4.31 Å². The van der Waals surface area contributed by atoms with E-state index in [0.29, 0.717) is 0 Å². The van der Waals surface area contributed by atoms with Crippen molar-refractivity contribution in [2.75, 3.05) is 18.8 Å². The summed E-state index contributed by atoms with van der Waals surface area (Å²) in [6, 6.07) is -0.862. The maximum absolute atomic E-state index is 11.6. The molecule has 0 saturated carbocycles. The number of amides is 2. The first-order valence-corrected chi connectivity index (χ1v) is 6.02. The van der Waals surface area contributed by atoms with Gasteiger partial charge in [0, 0.05) is 6.54 Å². The topological polar surface area (TPSA) is 110 Å². The van der Waals surface area contributed by atoms with Crippen LogP contribution in [0.15, 0.2) is 0 Å². The predicted octanol–water partition coefficient (Wildman–Crippen LogP) is -2.38. The first-order chi connectivity index (χ1) is 6.88. The Morgan fingerprint density at radius 2 is 2.13 bits per heavy atom. The second kappa shape index (κ2) is 4.25. The average molecular weight is 235 g/mol. The van der Waals surface area contributed by atoms with Crippen molar-refractivity contribution in [3.63, 3.8) is 0 Å². The highest BCUT2D eigenvalue weighted by Crippen LogP contribution is 2.10. The summed E-state index contributed by atoms with van der Waals surface area (Å²) in [5.74, 6) is -1.48. The predicted molar refractivity (Wildman–Crippen MR) is 52.2 cm³/mol. The van der Waals surface area contributed by atoms with Crippen LogP contribution in [0.2, 0.25) is 0 Å². The molecule has 1 rings (SSSR count). The van der Waals surface area contributed by atoms with E-state index >= 15 is 0 Å². The fourth-order valence-electron chi connectivity index (χ4n) is 1.30. The number of carbonyl (C=O) groups is 2. The lowest BCUT2D eigenvalue weighted by Gasteiger charge is -2.30. The molecule has 1 fully saturated rings. The van der Waals surface area contributed by atoms with Crippen LogP contribution in [0.3, 0.4) is 0 Å². The van der Waals surface area contributed by atoms with Crippen LogP contribution in [0.4, 0.5) is 0 Å². The molecule has 86 valence electrons. The molecule has 1 aliphatic heterocycles. The number of hydrogen-bond acceptors (Lipinski definition) is 5. The molecule has 0 aromatic heterocycles. The van der Waals surface area contributed by atoms with Gasteiger partial charge in [0.15, 0.2) is 0 Å². The summed E-state index contributed by atoms with van der Waals surface area (Å²) >= 11 is 0. The van der Waals surface area contributed by atoms with Gasteiger partial charge >= 0.3 is 0 Å². The normalized spacial score (nSPS) is 24.0. The molecule has 1 saturated heterocycles. The first kappa shape index (κ1) is 12.1. The maximum atomic E-state index is 11.6. The Labute approximate surface area is 87.7 Å². The Bertz CT molecular complexity index is 378. The molecule has 0 aromatic rings. The van der Waals surface area contributed by atoms with Gasteiger partial charge in [-0.25, -0.2) is 8.42 Å². The molecular weight excluding hydrogens is 222 g/mol. The van der Waals surface area contributed by atoms with Crippen molar-refractivity contribution in [2.24, 2.45) is 5.73 Å². The molecule has 3 N–H and O–H groups in total. The van der Waals surface area contributed by atoms with Gasteiger partial charge in [-0.3, -0.25) is 14.9 Å². The molecule has 1 atom stereocenters. The number of hydrogen-bond donors (Lipinski definition) is 2. The van der Waals surface area contributed by atoms with E-state index in [1.54, 1.807) is 0 Å². The van der Waals surface area contributed by atoms with Gasteiger partial charge < -0.3 is 5.73 Å². The molecule has 2 amide bonds. The first-order valence-electron chi connectivity index (χ1n) is 4.42. The minimum absolute atomic E-state index is 0.0403. The molecular formula is C7H13N3O4S. The second-order valence-corrected chi connectivity index (χ2v) is 5.28. The van der Waals surface area contributed by atoms with Crippen molar-refractivity contribution in [3.05, 3.63) is 0 Å². The van der Waals surface area contributed by atoms with E-state index in [2.05, 4.69) is 5.32 Å². The van der Waals surface area contributed by atoms with Crippen molar-refractivity contribution in [1.29, 1.82) is 0 Å². The number of nitrogens with two attached hydrogens (primary N) is 1. The number of sulfonamides is 1. The number of nitrogens with zero attached hydrogens (tertiary/aromatic N) is 1. The van der Waals surface area contributed by atoms with Crippen LogP contribution < -0.4 is 11.1 Å². The Hall–Kier alpha value is -0.990. The van der Waals surface area contributed by atoms with E-state index in [9.17, 15) is 18.0 Å². The van der Waals surface area contributed by atoms with Crippen molar-refractivity contribution >= 4 is 21.8 Å². The van der Waals surface area contributed by atoms with Gasteiger partial charge in [-0.1, -0.05) is 0 Å². The summed E-state index contributed by atoms with van der Waals surface area (Å²) in [6.45, 7) is 1.06. The summed E-state index contributed by atoms with van der Waals surface area (Å²) in [7, 11) is -3.62. The molecule has 0 bridgehead atoms. The van der Waals surface area contributed by atoms with E-state index in [-0.39, 0.29) is 18.8 Å². The van der Waals surface area contributed by atoms with Gasteiger partial charge in [0.05, 0.1) is 12.3 Å². The van der Waals surface area contributed by atoms with Gasteiger partial charge in [0.2, 0.25) is 21.8 Å². The van der Waals surface area contributed by atoms with Crippen LogP contribution in [0.5, 0.6) is 0 Å². The quantitative estimate of drug-likeness (QED) is 0.531. The monoisotopic (exact) mass is 235 g/mol. The lowest BCUT2D eigenvalue weighted by Crippen LogP contribution is -2.59. The number of piperazine rings is 1. The standard InChI is InChI=1S/C7H13N3O4S/c1-5-7(12)9-6(11)4-10(5)15(13,14)3-2-8/h5H,2-4,8H2,1H3,(H,9,11,12).